The van der Waals surface area contributed by atoms with Crippen LogP contribution < -0.4 is 4.80 Å². The van der Waals surface area contributed by atoms with Crippen molar-refractivity contribution >= 4 is 49.8 Å². The van der Waals surface area contributed by atoms with Gasteiger partial charge in [-0.15, -0.1) is 0 Å². The molecule has 6 heteroatoms. The predicted molar refractivity (Wildman–Crippen MR) is 111 cm³/mol. The van der Waals surface area contributed by atoms with E-state index in [1.807, 2.05) is 65.2 Å². The van der Waals surface area contributed by atoms with Crippen LogP contribution in [0.15, 0.2) is 65.7 Å². The molecule has 1 amide bonds. The second kappa shape index (κ2) is 7.64. The van der Waals surface area contributed by atoms with Gasteiger partial charge in [0, 0.05) is 24.2 Å². The van der Waals surface area contributed by atoms with Gasteiger partial charge in [0.1, 0.15) is 0 Å². The third kappa shape index (κ3) is 3.67. The van der Waals surface area contributed by atoms with Crippen molar-refractivity contribution in [3.05, 3.63) is 76.1 Å². The van der Waals surface area contributed by atoms with Crippen molar-refractivity contribution in [3.8, 4) is 0 Å². The number of hydrogen-bond acceptors (Lipinski definition) is 3. The molecule has 4 rings (SSSR count). The van der Waals surface area contributed by atoms with Crippen LogP contribution in [0.1, 0.15) is 10.4 Å². The zero-order chi connectivity index (χ0) is 18.8. The number of carbonyl (C=O) groups excluding carboxylic acids is 1. The largest absolute Gasteiger partial charge is 0.383 e. The second-order valence-electron chi connectivity index (χ2n) is 6.12. The van der Waals surface area contributed by atoms with Gasteiger partial charge in [-0.2, -0.15) is 4.99 Å². The molecule has 0 N–H and O–H groups in total. The molecule has 1 aromatic heterocycles. The molecule has 0 unspecified atom stereocenters. The first-order valence-electron chi connectivity index (χ1n) is 8.51. The minimum atomic E-state index is -0.260. The van der Waals surface area contributed by atoms with Crippen molar-refractivity contribution in [2.24, 2.45) is 4.99 Å². The van der Waals surface area contributed by atoms with Gasteiger partial charge >= 0.3 is 0 Å². The molecule has 136 valence electrons. The number of aromatic nitrogens is 1. The number of ether oxygens (including phenoxy) is 1. The zero-order valence-electron chi connectivity index (χ0n) is 14.7. The molecule has 0 saturated heterocycles. The Bertz CT molecular complexity index is 1210. The van der Waals surface area contributed by atoms with Gasteiger partial charge in [-0.3, -0.25) is 4.79 Å². The van der Waals surface area contributed by atoms with E-state index in [0.717, 1.165) is 21.0 Å². The predicted octanol–water partition coefficient (Wildman–Crippen LogP) is 4.90. The Morgan fingerprint density at radius 3 is 2.74 bits per heavy atom. The summed E-state index contributed by atoms with van der Waals surface area (Å²) in [5.74, 6) is -0.260. The summed E-state index contributed by atoms with van der Waals surface area (Å²) in [5, 5.41) is 2.78. The lowest BCUT2D eigenvalue weighted by Crippen LogP contribution is -2.19. The van der Waals surface area contributed by atoms with Gasteiger partial charge in [-0.25, -0.2) is 0 Å². The van der Waals surface area contributed by atoms with Gasteiger partial charge < -0.3 is 9.30 Å². The maximum Gasteiger partial charge on any atom is 0.279 e. The van der Waals surface area contributed by atoms with Crippen LogP contribution in [0.3, 0.4) is 0 Å². The number of fused-ring (bicyclic) bond motifs is 2. The minimum Gasteiger partial charge on any atom is -0.383 e. The van der Waals surface area contributed by atoms with Gasteiger partial charge in [-0.05, 0) is 41.1 Å². The summed E-state index contributed by atoms with van der Waals surface area (Å²) in [6.45, 7) is 1.15. The molecule has 0 atom stereocenters. The Kier molecular flexibility index (Phi) is 5.07. The first-order valence-corrected chi connectivity index (χ1v) is 9.71. The third-order valence-corrected chi connectivity index (χ3v) is 5.63. The Labute approximate surface area is 165 Å². The summed E-state index contributed by atoms with van der Waals surface area (Å²) in [6.07, 6.45) is 0. The number of thiazole rings is 1. The SMILES string of the molecule is COCCn1c(=NC(=O)c2ccc3ccccc3c2)sc2cc(Cl)ccc21. The number of hydrogen-bond donors (Lipinski definition) is 0. The molecule has 3 aromatic carbocycles. The van der Waals surface area contributed by atoms with E-state index in [0.29, 0.717) is 28.5 Å². The van der Waals surface area contributed by atoms with E-state index in [9.17, 15) is 4.79 Å². The smallest absolute Gasteiger partial charge is 0.279 e. The highest BCUT2D eigenvalue weighted by Crippen LogP contribution is 2.22. The molecule has 1 heterocycles. The molecule has 0 fully saturated rings. The van der Waals surface area contributed by atoms with Crippen LogP contribution in [-0.4, -0.2) is 24.2 Å². The summed E-state index contributed by atoms with van der Waals surface area (Å²) >= 11 is 7.57. The van der Waals surface area contributed by atoms with Crippen molar-refractivity contribution in [2.75, 3.05) is 13.7 Å². The fourth-order valence-electron chi connectivity index (χ4n) is 3.00. The summed E-state index contributed by atoms with van der Waals surface area (Å²) in [5.41, 5.74) is 1.56. The fraction of sp³-hybridized carbons (Fsp3) is 0.143. The summed E-state index contributed by atoms with van der Waals surface area (Å²) < 4.78 is 8.20. The highest BCUT2D eigenvalue weighted by atomic mass is 35.5. The van der Waals surface area contributed by atoms with Crippen LogP contribution in [0.5, 0.6) is 0 Å². The Balaban J connectivity index is 1.81. The molecule has 27 heavy (non-hydrogen) atoms. The maximum atomic E-state index is 12.8. The lowest BCUT2D eigenvalue weighted by atomic mass is 10.1. The van der Waals surface area contributed by atoms with E-state index in [4.69, 9.17) is 16.3 Å². The van der Waals surface area contributed by atoms with Crippen molar-refractivity contribution in [3.63, 3.8) is 0 Å². The highest BCUT2D eigenvalue weighted by Gasteiger charge is 2.10. The normalized spacial score (nSPS) is 12.1. The van der Waals surface area contributed by atoms with E-state index < -0.39 is 0 Å². The van der Waals surface area contributed by atoms with Crippen LogP contribution in [0.2, 0.25) is 5.02 Å². The molecule has 0 bridgehead atoms. The summed E-state index contributed by atoms with van der Waals surface area (Å²) in [4.78, 5) is 17.8. The van der Waals surface area contributed by atoms with Gasteiger partial charge in [0.25, 0.3) is 5.91 Å². The topological polar surface area (TPSA) is 43.6 Å². The van der Waals surface area contributed by atoms with E-state index in [-0.39, 0.29) is 5.91 Å². The molecule has 0 spiro atoms. The Hall–Kier alpha value is -2.47. The van der Waals surface area contributed by atoms with Crippen LogP contribution in [0.25, 0.3) is 21.0 Å². The molecule has 0 saturated carbocycles. The monoisotopic (exact) mass is 396 g/mol. The molecular weight excluding hydrogens is 380 g/mol. The molecule has 4 aromatic rings. The average molecular weight is 397 g/mol. The van der Waals surface area contributed by atoms with Crippen molar-refractivity contribution < 1.29 is 9.53 Å². The van der Waals surface area contributed by atoms with Crippen molar-refractivity contribution in [1.82, 2.24) is 4.57 Å². The molecule has 0 aliphatic rings. The quantitative estimate of drug-likeness (QED) is 0.492. The first-order chi connectivity index (χ1) is 13.2. The Morgan fingerprint density at radius 2 is 1.93 bits per heavy atom. The summed E-state index contributed by atoms with van der Waals surface area (Å²) in [7, 11) is 1.66. The highest BCUT2D eigenvalue weighted by molar-refractivity contribution is 7.16. The molecule has 4 nitrogen and oxygen atoms in total. The molecular formula is C21H17ClN2O2S. The first kappa shape index (κ1) is 17.9. The fourth-order valence-corrected chi connectivity index (χ4v) is 4.34. The molecule has 0 radical (unpaired) electrons. The zero-order valence-corrected chi connectivity index (χ0v) is 16.3. The van der Waals surface area contributed by atoms with Crippen molar-refractivity contribution in [1.29, 1.82) is 0 Å². The number of halogens is 1. The van der Waals surface area contributed by atoms with Gasteiger partial charge in [0.05, 0.1) is 16.8 Å². The van der Waals surface area contributed by atoms with E-state index in [1.54, 1.807) is 7.11 Å². The van der Waals surface area contributed by atoms with Gasteiger partial charge in [0.15, 0.2) is 4.80 Å². The van der Waals surface area contributed by atoms with E-state index in [1.165, 1.54) is 11.3 Å². The van der Waals surface area contributed by atoms with E-state index in [2.05, 4.69) is 4.99 Å². The number of benzene rings is 3. The number of carbonyl (C=O) groups is 1. The second-order valence-corrected chi connectivity index (χ2v) is 7.57. The number of rotatable bonds is 4. The van der Waals surface area contributed by atoms with E-state index >= 15 is 0 Å². The van der Waals surface area contributed by atoms with Crippen LogP contribution in [0.4, 0.5) is 0 Å². The van der Waals surface area contributed by atoms with Crippen LogP contribution >= 0.6 is 22.9 Å². The summed E-state index contributed by atoms with van der Waals surface area (Å²) in [6, 6.07) is 19.3. The molecule has 0 aliphatic heterocycles. The Morgan fingerprint density at radius 1 is 1.11 bits per heavy atom. The number of amides is 1. The third-order valence-electron chi connectivity index (χ3n) is 4.36. The van der Waals surface area contributed by atoms with Crippen LogP contribution in [-0.2, 0) is 11.3 Å². The molecule has 0 aliphatic carbocycles. The van der Waals surface area contributed by atoms with Gasteiger partial charge in [-0.1, -0.05) is 53.3 Å². The average Bonchev–Trinajstić information content (AvgIpc) is 3.01. The lowest BCUT2D eigenvalue weighted by molar-refractivity contribution is 0.0997. The lowest BCUT2D eigenvalue weighted by Gasteiger charge is -2.04. The van der Waals surface area contributed by atoms with Crippen LogP contribution in [0, 0.1) is 0 Å². The number of methoxy groups -OCH3 is 1. The standard InChI is InChI=1S/C21H17ClN2O2S/c1-26-11-10-24-18-9-8-17(22)13-19(18)27-21(24)23-20(25)16-7-6-14-4-2-3-5-15(14)12-16/h2-9,12-13H,10-11H2,1H3. The van der Waals surface area contributed by atoms with Crippen molar-refractivity contribution in [2.45, 2.75) is 6.54 Å². The minimum absolute atomic E-state index is 0.260. The van der Waals surface area contributed by atoms with Gasteiger partial charge in [0.2, 0.25) is 0 Å². The maximum absolute atomic E-state index is 12.8. The number of nitrogens with zero attached hydrogens (tertiary/aromatic N) is 2.